The van der Waals surface area contributed by atoms with E-state index in [9.17, 15) is 4.79 Å². The maximum atomic E-state index is 12.4. The SMILES string of the molecule is NC(=S)CCN(C(=O)c1cccc(Br)c1)C1CC1. The van der Waals surface area contributed by atoms with E-state index in [1.807, 2.05) is 29.2 Å². The molecule has 1 amide bonds. The first-order valence-electron chi connectivity index (χ1n) is 5.93. The maximum absolute atomic E-state index is 12.4. The van der Waals surface area contributed by atoms with Crippen LogP contribution in [0.25, 0.3) is 0 Å². The molecule has 0 spiro atoms. The van der Waals surface area contributed by atoms with E-state index in [0.717, 1.165) is 17.3 Å². The molecule has 1 aromatic rings. The first-order valence-corrected chi connectivity index (χ1v) is 7.13. The van der Waals surface area contributed by atoms with E-state index in [1.54, 1.807) is 0 Å². The molecule has 0 bridgehead atoms. The van der Waals surface area contributed by atoms with Crippen molar-refractivity contribution in [1.82, 2.24) is 4.90 Å². The van der Waals surface area contributed by atoms with Crippen LogP contribution < -0.4 is 5.73 Å². The number of amides is 1. The Labute approximate surface area is 120 Å². The summed E-state index contributed by atoms with van der Waals surface area (Å²) in [5, 5.41) is 0. The van der Waals surface area contributed by atoms with Crippen molar-refractivity contribution in [2.24, 2.45) is 5.73 Å². The van der Waals surface area contributed by atoms with Gasteiger partial charge in [0.1, 0.15) is 0 Å². The lowest BCUT2D eigenvalue weighted by molar-refractivity contribution is 0.0748. The van der Waals surface area contributed by atoms with E-state index in [-0.39, 0.29) is 5.91 Å². The van der Waals surface area contributed by atoms with Crippen molar-refractivity contribution in [2.45, 2.75) is 25.3 Å². The Kier molecular flexibility index (Phi) is 4.35. The van der Waals surface area contributed by atoms with E-state index in [1.165, 1.54) is 0 Å². The number of nitrogens with zero attached hydrogens (tertiary/aromatic N) is 1. The van der Waals surface area contributed by atoms with Crippen LogP contribution in [0.15, 0.2) is 28.7 Å². The summed E-state index contributed by atoms with van der Waals surface area (Å²) in [6.45, 7) is 0.616. The zero-order valence-corrected chi connectivity index (χ0v) is 12.3. The second-order valence-electron chi connectivity index (χ2n) is 4.46. The summed E-state index contributed by atoms with van der Waals surface area (Å²) >= 11 is 8.26. The highest BCUT2D eigenvalue weighted by Gasteiger charge is 2.32. The fraction of sp³-hybridized carbons (Fsp3) is 0.385. The predicted octanol–water partition coefficient (Wildman–Crippen LogP) is 2.73. The molecular weight excluding hydrogens is 312 g/mol. The molecule has 18 heavy (non-hydrogen) atoms. The number of carbonyl (C=O) groups excluding carboxylic acids is 1. The van der Waals surface area contributed by atoms with Crippen LogP contribution in [0.5, 0.6) is 0 Å². The van der Waals surface area contributed by atoms with Crippen LogP contribution in [0.3, 0.4) is 0 Å². The van der Waals surface area contributed by atoms with Gasteiger partial charge in [-0.05, 0) is 31.0 Å². The van der Waals surface area contributed by atoms with Crippen LogP contribution in [0.4, 0.5) is 0 Å². The Bertz CT molecular complexity index is 474. The van der Waals surface area contributed by atoms with E-state index >= 15 is 0 Å². The molecule has 0 aliphatic heterocycles. The van der Waals surface area contributed by atoms with Crippen molar-refractivity contribution in [3.8, 4) is 0 Å². The van der Waals surface area contributed by atoms with Crippen molar-refractivity contribution in [3.05, 3.63) is 34.3 Å². The lowest BCUT2D eigenvalue weighted by Gasteiger charge is -2.22. The molecule has 1 fully saturated rings. The van der Waals surface area contributed by atoms with Crippen LogP contribution in [0, 0.1) is 0 Å². The summed E-state index contributed by atoms with van der Waals surface area (Å²) in [5.74, 6) is 0.0649. The topological polar surface area (TPSA) is 46.3 Å². The molecule has 1 aliphatic rings. The Morgan fingerprint density at radius 1 is 1.50 bits per heavy atom. The van der Waals surface area contributed by atoms with Crippen LogP contribution in [0.2, 0.25) is 0 Å². The fourth-order valence-electron chi connectivity index (χ4n) is 1.85. The molecule has 0 saturated heterocycles. The van der Waals surface area contributed by atoms with Crippen LogP contribution >= 0.6 is 28.1 Å². The largest absolute Gasteiger partial charge is 0.393 e. The predicted molar refractivity (Wildman–Crippen MR) is 79.6 cm³/mol. The number of halogens is 1. The van der Waals surface area contributed by atoms with Gasteiger partial charge < -0.3 is 10.6 Å². The lowest BCUT2D eigenvalue weighted by atomic mass is 10.2. The van der Waals surface area contributed by atoms with Crippen molar-refractivity contribution >= 4 is 39.0 Å². The zero-order chi connectivity index (χ0) is 13.1. The third-order valence-electron chi connectivity index (χ3n) is 2.92. The summed E-state index contributed by atoms with van der Waals surface area (Å²) in [6, 6.07) is 7.83. The van der Waals surface area contributed by atoms with Crippen molar-refractivity contribution in [3.63, 3.8) is 0 Å². The number of carbonyl (C=O) groups is 1. The van der Waals surface area contributed by atoms with Gasteiger partial charge in [0.25, 0.3) is 5.91 Å². The minimum Gasteiger partial charge on any atom is -0.393 e. The third-order valence-corrected chi connectivity index (χ3v) is 3.62. The number of benzene rings is 1. The lowest BCUT2D eigenvalue weighted by Crippen LogP contribution is -2.35. The standard InChI is InChI=1S/C13H15BrN2OS/c14-10-3-1-2-9(8-10)13(17)16(11-4-5-11)7-6-12(15)18/h1-3,8,11H,4-7H2,(H2,15,18). The quantitative estimate of drug-likeness (QED) is 0.846. The second-order valence-corrected chi connectivity index (χ2v) is 5.90. The van der Waals surface area contributed by atoms with Crippen LogP contribution in [0.1, 0.15) is 29.6 Å². The van der Waals surface area contributed by atoms with E-state index in [2.05, 4.69) is 15.9 Å². The van der Waals surface area contributed by atoms with Gasteiger partial charge >= 0.3 is 0 Å². The molecule has 2 N–H and O–H groups in total. The molecule has 0 atom stereocenters. The van der Waals surface area contributed by atoms with Crippen molar-refractivity contribution in [1.29, 1.82) is 0 Å². The number of rotatable bonds is 5. The van der Waals surface area contributed by atoms with Crippen LogP contribution in [-0.4, -0.2) is 28.4 Å². The highest BCUT2D eigenvalue weighted by molar-refractivity contribution is 9.10. The normalized spacial score (nSPS) is 14.3. The summed E-state index contributed by atoms with van der Waals surface area (Å²) in [4.78, 5) is 14.8. The average molecular weight is 327 g/mol. The molecule has 96 valence electrons. The summed E-state index contributed by atoms with van der Waals surface area (Å²) in [6.07, 6.45) is 2.75. The molecular formula is C13H15BrN2OS. The molecule has 0 heterocycles. The van der Waals surface area contributed by atoms with Gasteiger partial charge in [-0.3, -0.25) is 4.79 Å². The summed E-state index contributed by atoms with van der Waals surface area (Å²) in [7, 11) is 0. The molecule has 0 unspecified atom stereocenters. The molecule has 1 saturated carbocycles. The van der Waals surface area contributed by atoms with Crippen molar-refractivity contribution in [2.75, 3.05) is 6.54 Å². The van der Waals surface area contributed by atoms with Gasteiger partial charge in [-0.1, -0.05) is 34.2 Å². The third kappa shape index (κ3) is 3.53. The summed E-state index contributed by atoms with van der Waals surface area (Å²) in [5.41, 5.74) is 6.22. The number of nitrogens with two attached hydrogens (primary N) is 1. The first-order chi connectivity index (χ1) is 8.58. The zero-order valence-electron chi connectivity index (χ0n) is 9.93. The molecule has 0 radical (unpaired) electrons. The second kappa shape index (κ2) is 5.80. The first kappa shape index (κ1) is 13.5. The maximum Gasteiger partial charge on any atom is 0.254 e. The van der Waals surface area contributed by atoms with Gasteiger partial charge in [-0.25, -0.2) is 0 Å². The average Bonchev–Trinajstić information content (AvgIpc) is 3.13. The Hall–Kier alpha value is -0.940. The van der Waals surface area contributed by atoms with E-state index in [0.29, 0.717) is 29.6 Å². The van der Waals surface area contributed by atoms with Gasteiger partial charge in [-0.2, -0.15) is 0 Å². The molecule has 3 nitrogen and oxygen atoms in total. The molecule has 1 aromatic carbocycles. The highest BCUT2D eigenvalue weighted by Crippen LogP contribution is 2.28. The molecule has 5 heteroatoms. The minimum atomic E-state index is 0.0649. The van der Waals surface area contributed by atoms with Gasteiger partial charge in [0.15, 0.2) is 0 Å². The Morgan fingerprint density at radius 3 is 2.78 bits per heavy atom. The fourth-order valence-corrected chi connectivity index (χ4v) is 2.34. The molecule has 0 aromatic heterocycles. The van der Waals surface area contributed by atoms with Gasteiger partial charge in [0.05, 0.1) is 4.99 Å². The van der Waals surface area contributed by atoms with Gasteiger partial charge in [0.2, 0.25) is 0 Å². The summed E-state index contributed by atoms with van der Waals surface area (Å²) < 4.78 is 0.915. The number of hydrogen-bond donors (Lipinski definition) is 1. The highest BCUT2D eigenvalue weighted by atomic mass is 79.9. The van der Waals surface area contributed by atoms with Gasteiger partial charge in [-0.15, -0.1) is 0 Å². The smallest absolute Gasteiger partial charge is 0.254 e. The van der Waals surface area contributed by atoms with E-state index < -0.39 is 0 Å². The minimum absolute atomic E-state index is 0.0649. The van der Waals surface area contributed by atoms with Crippen molar-refractivity contribution < 1.29 is 4.79 Å². The van der Waals surface area contributed by atoms with E-state index in [4.69, 9.17) is 18.0 Å². The monoisotopic (exact) mass is 326 g/mol. The number of thiocarbonyl (C=S) groups is 1. The Balaban J connectivity index is 2.10. The molecule has 1 aliphatic carbocycles. The molecule has 2 rings (SSSR count). The number of hydrogen-bond acceptors (Lipinski definition) is 2. The Morgan fingerprint density at radius 2 is 2.22 bits per heavy atom. The van der Waals surface area contributed by atoms with Gasteiger partial charge in [0, 0.05) is 29.0 Å². The van der Waals surface area contributed by atoms with Crippen LogP contribution in [-0.2, 0) is 0 Å².